The lowest BCUT2D eigenvalue weighted by Crippen LogP contribution is -2.08. The van der Waals surface area contributed by atoms with Crippen LogP contribution < -0.4 is 5.73 Å². The molecule has 4 nitrogen and oxygen atoms in total. The molecule has 1 heterocycles. The first-order chi connectivity index (χ1) is 6.16. The van der Waals surface area contributed by atoms with Crippen LogP contribution in [0.4, 0.5) is 5.69 Å². The van der Waals surface area contributed by atoms with E-state index in [1.54, 1.807) is 6.92 Å². The maximum atomic E-state index is 11.2. The summed E-state index contributed by atoms with van der Waals surface area (Å²) in [5, 5.41) is 0.116. The summed E-state index contributed by atoms with van der Waals surface area (Å²) < 4.78 is 4.76. The lowest BCUT2D eigenvalue weighted by atomic mass is 10.2. The van der Waals surface area contributed by atoms with Crippen LogP contribution in [0.15, 0.2) is 12.3 Å². The van der Waals surface area contributed by atoms with Gasteiger partial charge in [-0.25, -0.2) is 9.78 Å². The van der Waals surface area contributed by atoms with Gasteiger partial charge in [0.1, 0.15) is 0 Å². The molecule has 5 heteroatoms. The van der Waals surface area contributed by atoms with Crippen LogP contribution in [-0.2, 0) is 4.74 Å². The number of esters is 1. The number of nitrogens with two attached hydrogens (primary N) is 1. The van der Waals surface area contributed by atoms with E-state index in [2.05, 4.69) is 4.98 Å². The lowest BCUT2D eigenvalue weighted by molar-refractivity contribution is 0.0527. The van der Waals surface area contributed by atoms with Crippen molar-refractivity contribution in [3.05, 3.63) is 23.0 Å². The number of hydrogen-bond donors (Lipinski definition) is 1. The Morgan fingerprint density at radius 2 is 2.46 bits per heavy atom. The quantitative estimate of drug-likeness (QED) is 0.580. The van der Waals surface area contributed by atoms with E-state index in [-0.39, 0.29) is 16.4 Å². The molecule has 0 aliphatic carbocycles. The molecule has 0 unspecified atom stereocenters. The molecule has 0 spiro atoms. The second kappa shape index (κ2) is 4.09. The van der Waals surface area contributed by atoms with Gasteiger partial charge in [-0.2, -0.15) is 0 Å². The Morgan fingerprint density at radius 3 is 3.08 bits per heavy atom. The average Bonchev–Trinajstić information content (AvgIpc) is 2.10. The Kier molecular flexibility index (Phi) is 3.08. The normalized spacial score (nSPS) is 9.69. The van der Waals surface area contributed by atoms with E-state index < -0.39 is 5.97 Å². The third-order valence-electron chi connectivity index (χ3n) is 1.44. The summed E-state index contributed by atoms with van der Waals surface area (Å²) in [5.74, 6) is -0.482. The number of hydrogen-bond acceptors (Lipinski definition) is 4. The van der Waals surface area contributed by atoms with Gasteiger partial charge in [-0.1, -0.05) is 11.6 Å². The van der Waals surface area contributed by atoms with E-state index in [0.29, 0.717) is 6.61 Å². The number of nitrogens with zero attached hydrogens (tertiary/aromatic N) is 1. The minimum atomic E-state index is -0.482. The van der Waals surface area contributed by atoms with Crippen LogP contribution in [0.5, 0.6) is 0 Å². The first-order valence-corrected chi connectivity index (χ1v) is 4.11. The number of pyridine rings is 1. The van der Waals surface area contributed by atoms with Gasteiger partial charge in [0.25, 0.3) is 0 Å². The zero-order valence-corrected chi connectivity index (χ0v) is 7.84. The van der Waals surface area contributed by atoms with E-state index in [9.17, 15) is 4.79 Å². The number of halogens is 1. The van der Waals surface area contributed by atoms with Crippen LogP contribution in [0.2, 0.25) is 5.15 Å². The molecular weight excluding hydrogens is 192 g/mol. The van der Waals surface area contributed by atoms with Crippen LogP contribution in [-0.4, -0.2) is 17.6 Å². The zero-order valence-electron chi connectivity index (χ0n) is 7.08. The maximum absolute atomic E-state index is 11.2. The Hall–Kier alpha value is -1.29. The summed E-state index contributed by atoms with van der Waals surface area (Å²) in [7, 11) is 0. The van der Waals surface area contributed by atoms with Crippen LogP contribution in [0.1, 0.15) is 17.3 Å². The van der Waals surface area contributed by atoms with Crippen molar-refractivity contribution >= 4 is 23.3 Å². The van der Waals surface area contributed by atoms with Crippen LogP contribution in [0.25, 0.3) is 0 Å². The Labute approximate surface area is 80.7 Å². The Balaban J connectivity index is 3.01. The highest BCUT2D eigenvalue weighted by molar-refractivity contribution is 6.32. The van der Waals surface area contributed by atoms with E-state index in [1.165, 1.54) is 12.3 Å². The highest BCUT2D eigenvalue weighted by Gasteiger charge is 2.12. The van der Waals surface area contributed by atoms with E-state index in [4.69, 9.17) is 22.1 Å². The number of rotatable bonds is 2. The monoisotopic (exact) mass is 200 g/mol. The van der Waals surface area contributed by atoms with Gasteiger partial charge in [-0.3, -0.25) is 0 Å². The molecule has 0 aromatic carbocycles. The number of carbonyl (C=O) groups excluding carboxylic acids is 1. The predicted molar refractivity (Wildman–Crippen MR) is 49.6 cm³/mol. The number of ether oxygens (including phenoxy) is 1. The van der Waals surface area contributed by atoms with E-state index >= 15 is 0 Å². The molecule has 0 aliphatic heterocycles. The van der Waals surface area contributed by atoms with Gasteiger partial charge >= 0.3 is 5.97 Å². The smallest absolute Gasteiger partial charge is 0.340 e. The summed E-state index contributed by atoms with van der Waals surface area (Å²) in [4.78, 5) is 14.9. The van der Waals surface area contributed by atoms with Crippen molar-refractivity contribution in [2.24, 2.45) is 0 Å². The average molecular weight is 201 g/mol. The minimum Gasteiger partial charge on any atom is -0.462 e. The fourth-order valence-electron chi connectivity index (χ4n) is 0.835. The number of nitrogen functional groups attached to an aromatic ring is 1. The molecule has 0 atom stereocenters. The van der Waals surface area contributed by atoms with Crippen molar-refractivity contribution in [1.82, 2.24) is 4.98 Å². The largest absolute Gasteiger partial charge is 0.462 e. The molecule has 2 N–H and O–H groups in total. The molecule has 1 rings (SSSR count). The topological polar surface area (TPSA) is 65.2 Å². The third kappa shape index (κ3) is 2.09. The molecule has 0 bridgehead atoms. The molecule has 0 radical (unpaired) electrons. The second-order valence-electron chi connectivity index (χ2n) is 2.28. The van der Waals surface area contributed by atoms with Crippen molar-refractivity contribution in [3.8, 4) is 0 Å². The minimum absolute atomic E-state index is 0.116. The summed E-state index contributed by atoms with van der Waals surface area (Å²) in [6, 6.07) is 1.47. The number of aromatic nitrogens is 1. The summed E-state index contributed by atoms with van der Waals surface area (Å²) in [6.45, 7) is 2.02. The van der Waals surface area contributed by atoms with Crippen molar-refractivity contribution in [2.45, 2.75) is 6.92 Å². The Morgan fingerprint density at radius 1 is 1.77 bits per heavy atom. The molecule has 0 aliphatic rings. The van der Waals surface area contributed by atoms with Gasteiger partial charge < -0.3 is 10.5 Å². The lowest BCUT2D eigenvalue weighted by Gasteiger charge is -2.04. The van der Waals surface area contributed by atoms with Crippen molar-refractivity contribution in [3.63, 3.8) is 0 Å². The van der Waals surface area contributed by atoms with Crippen molar-refractivity contribution < 1.29 is 9.53 Å². The molecule has 13 heavy (non-hydrogen) atoms. The van der Waals surface area contributed by atoms with Gasteiger partial charge in [0.15, 0.2) is 5.15 Å². The maximum Gasteiger partial charge on any atom is 0.340 e. The molecule has 70 valence electrons. The first kappa shape index (κ1) is 9.80. The second-order valence-corrected chi connectivity index (χ2v) is 2.64. The first-order valence-electron chi connectivity index (χ1n) is 3.74. The molecular formula is C8H9ClN2O2. The summed E-state index contributed by atoms with van der Waals surface area (Å²) >= 11 is 5.61. The standard InChI is InChI=1S/C8H9ClN2O2/c1-2-13-8(12)5-3-4-11-7(9)6(5)10/h3-4H,2,10H2,1H3. The number of carbonyl (C=O) groups is 1. The fraction of sp³-hybridized carbons (Fsp3) is 0.250. The van der Waals surface area contributed by atoms with Crippen molar-refractivity contribution in [2.75, 3.05) is 12.3 Å². The fourth-order valence-corrected chi connectivity index (χ4v) is 0.993. The predicted octanol–water partition coefficient (Wildman–Crippen LogP) is 1.49. The van der Waals surface area contributed by atoms with Crippen molar-refractivity contribution in [1.29, 1.82) is 0 Å². The SMILES string of the molecule is CCOC(=O)c1ccnc(Cl)c1N. The Bertz CT molecular complexity index is 328. The molecule has 0 saturated heterocycles. The van der Waals surface area contributed by atoms with Gasteiger partial charge in [-0.05, 0) is 13.0 Å². The molecule has 0 amide bonds. The summed E-state index contributed by atoms with van der Waals surface area (Å²) in [5.41, 5.74) is 5.93. The molecule has 0 saturated carbocycles. The van der Waals surface area contributed by atoms with E-state index in [0.717, 1.165) is 0 Å². The molecule has 0 fully saturated rings. The molecule has 1 aromatic heterocycles. The molecule has 1 aromatic rings. The van der Waals surface area contributed by atoms with E-state index in [1.807, 2.05) is 0 Å². The van der Waals surface area contributed by atoms with Gasteiger partial charge in [0.05, 0.1) is 17.9 Å². The third-order valence-corrected chi connectivity index (χ3v) is 1.74. The van der Waals surface area contributed by atoms with Gasteiger partial charge in [0.2, 0.25) is 0 Å². The highest BCUT2D eigenvalue weighted by atomic mass is 35.5. The van der Waals surface area contributed by atoms with Crippen LogP contribution >= 0.6 is 11.6 Å². The van der Waals surface area contributed by atoms with Crippen LogP contribution in [0, 0.1) is 0 Å². The summed E-state index contributed by atoms with van der Waals surface area (Å²) in [6.07, 6.45) is 1.41. The van der Waals surface area contributed by atoms with Gasteiger partial charge in [-0.15, -0.1) is 0 Å². The van der Waals surface area contributed by atoms with Crippen LogP contribution in [0.3, 0.4) is 0 Å². The number of anilines is 1. The highest BCUT2D eigenvalue weighted by Crippen LogP contribution is 2.20. The zero-order chi connectivity index (χ0) is 9.84. The van der Waals surface area contributed by atoms with Gasteiger partial charge in [0, 0.05) is 6.20 Å².